The van der Waals surface area contributed by atoms with Crippen LogP contribution in [0, 0.1) is 5.92 Å². The first-order valence-electron chi connectivity index (χ1n) is 7.35. The summed E-state index contributed by atoms with van der Waals surface area (Å²) in [4.78, 5) is 2.63. The van der Waals surface area contributed by atoms with Crippen LogP contribution in [-0.2, 0) is 0 Å². The zero-order valence-electron chi connectivity index (χ0n) is 12.4. The van der Waals surface area contributed by atoms with E-state index in [1.165, 1.54) is 19.3 Å². The second-order valence-electron chi connectivity index (χ2n) is 6.57. The maximum Gasteiger partial charge on any atom is 0.0555 e. The fourth-order valence-corrected chi connectivity index (χ4v) is 3.29. The van der Waals surface area contributed by atoms with Crippen molar-refractivity contribution in [3.8, 4) is 0 Å². The van der Waals surface area contributed by atoms with E-state index in [4.69, 9.17) is 0 Å². The molecule has 0 spiro atoms. The highest BCUT2D eigenvalue weighted by Crippen LogP contribution is 2.34. The third kappa shape index (κ3) is 3.96. The highest BCUT2D eigenvalue weighted by atomic mass is 16.3. The lowest BCUT2D eigenvalue weighted by molar-refractivity contribution is -0.0157. The standard InChI is InChI=1S/C15H31NO/c1-6-10-16(15(3,4)5)14-11-13(17)9-8-12(14)7-2/h12-14,17H,6-11H2,1-5H3. The molecule has 0 radical (unpaired) electrons. The fourth-order valence-electron chi connectivity index (χ4n) is 3.29. The molecule has 0 aromatic rings. The summed E-state index contributed by atoms with van der Waals surface area (Å²) in [5, 5.41) is 9.95. The van der Waals surface area contributed by atoms with Gasteiger partial charge in [-0.05, 0) is 58.9 Å². The van der Waals surface area contributed by atoms with Crippen molar-refractivity contribution in [3.05, 3.63) is 0 Å². The molecule has 1 fully saturated rings. The molecule has 0 saturated heterocycles. The third-order valence-electron chi connectivity index (χ3n) is 4.18. The van der Waals surface area contributed by atoms with E-state index in [2.05, 4.69) is 39.5 Å². The Hall–Kier alpha value is -0.0800. The quantitative estimate of drug-likeness (QED) is 0.815. The normalized spacial score (nSPS) is 30.9. The Labute approximate surface area is 107 Å². The molecule has 3 atom stereocenters. The van der Waals surface area contributed by atoms with E-state index in [1.807, 2.05) is 0 Å². The Morgan fingerprint density at radius 3 is 2.29 bits per heavy atom. The predicted molar refractivity (Wildman–Crippen MR) is 74.2 cm³/mol. The van der Waals surface area contributed by atoms with E-state index in [1.54, 1.807) is 0 Å². The van der Waals surface area contributed by atoms with Gasteiger partial charge in [0, 0.05) is 11.6 Å². The van der Waals surface area contributed by atoms with E-state index < -0.39 is 0 Å². The average Bonchev–Trinajstić information content (AvgIpc) is 2.24. The van der Waals surface area contributed by atoms with E-state index in [0.29, 0.717) is 6.04 Å². The van der Waals surface area contributed by atoms with E-state index >= 15 is 0 Å². The maximum atomic E-state index is 9.95. The van der Waals surface area contributed by atoms with Crippen molar-refractivity contribution in [1.29, 1.82) is 0 Å². The minimum Gasteiger partial charge on any atom is -0.393 e. The molecule has 0 aromatic carbocycles. The van der Waals surface area contributed by atoms with E-state index in [-0.39, 0.29) is 11.6 Å². The Bertz CT molecular complexity index is 221. The fraction of sp³-hybridized carbons (Fsp3) is 1.00. The summed E-state index contributed by atoms with van der Waals surface area (Å²) in [6, 6.07) is 0.573. The van der Waals surface area contributed by atoms with Gasteiger partial charge in [-0.25, -0.2) is 0 Å². The second kappa shape index (κ2) is 6.19. The molecule has 1 N–H and O–H groups in total. The van der Waals surface area contributed by atoms with Crippen LogP contribution in [0.15, 0.2) is 0 Å². The summed E-state index contributed by atoms with van der Waals surface area (Å²) in [7, 11) is 0. The van der Waals surface area contributed by atoms with Crippen molar-refractivity contribution in [2.24, 2.45) is 5.92 Å². The van der Waals surface area contributed by atoms with Gasteiger partial charge in [0.1, 0.15) is 0 Å². The van der Waals surface area contributed by atoms with Crippen LogP contribution < -0.4 is 0 Å². The van der Waals surface area contributed by atoms with Crippen molar-refractivity contribution >= 4 is 0 Å². The van der Waals surface area contributed by atoms with Crippen LogP contribution >= 0.6 is 0 Å². The molecular weight excluding hydrogens is 210 g/mol. The summed E-state index contributed by atoms with van der Waals surface area (Å²) < 4.78 is 0. The molecule has 1 rings (SSSR count). The Morgan fingerprint density at radius 2 is 1.82 bits per heavy atom. The van der Waals surface area contributed by atoms with E-state index in [9.17, 15) is 5.11 Å². The number of aliphatic hydroxyl groups excluding tert-OH is 1. The summed E-state index contributed by atoms with van der Waals surface area (Å²) in [6.07, 6.45) is 5.52. The molecule has 0 bridgehead atoms. The van der Waals surface area contributed by atoms with Gasteiger partial charge in [-0.3, -0.25) is 4.90 Å². The summed E-state index contributed by atoms with van der Waals surface area (Å²) in [6.45, 7) is 12.6. The minimum atomic E-state index is -0.0792. The molecule has 1 aliphatic rings. The van der Waals surface area contributed by atoms with Crippen LogP contribution in [0.25, 0.3) is 0 Å². The van der Waals surface area contributed by atoms with Gasteiger partial charge in [0.25, 0.3) is 0 Å². The van der Waals surface area contributed by atoms with Crippen molar-refractivity contribution < 1.29 is 5.11 Å². The first-order valence-corrected chi connectivity index (χ1v) is 7.35. The number of nitrogens with zero attached hydrogens (tertiary/aromatic N) is 1. The monoisotopic (exact) mass is 241 g/mol. The Balaban J connectivity index is 2.81. The van der Waals surface area contributed by atoms with Crippen molar-refractivity contribution in [3.63, 3.8) is 0 Å². The van der Waals surface area contributed by atoms with Gasteiger partial charge in [0.05, 0.1) is 6.10 Å². The molecule has 0 aromatic heterocycles. The van der Waals surface area contributed by atoms with Gasteiger partial charge < -0.3 is 5.11 Å². The molecule has 17 heavy (non-hydrogen) atoms. The molecular formula is C15H31NO. The smallest absolute Gasteiger partial charge is 0.0555 e. The third-order valence-corrected chi connectivity index (χ3v) is 4.18. The highest BCUT2D eigenvalue weighted by molar-refractivity contribution is 4.91. The predicted octanol–water partition coefficient (Wildman–Crippen LogP) is 3.44. The second-order valence-corrected chi connectivity index (χ2v) is 6.57. The summed E-state index contributed by atoms with van der Waals surface area (Å²) in [5.41, 5.74) is 0.213. The lowest BCUT2D eigenvalue weighted by Gasteiger charge is -2.47. The molecule has 0 amide bonds. The molecule has 1 saturated carbocycles. The SMILES string of the molecule is CCCN(C1CC(O)CCC1CC)C(C)(C)C. The van der Waals surface area contributed by atoms with Crippen LogP contribution in [0.4, 0.5) is 0 Å². The van der Waals surface area contributed by atoms with Crippen molar-refractivity contribution in [2.75, 3.05) is 6.54 Å². The topological polar surface area (TPSA) is 23.5 Å². The van der Waals surface area contributed by atoms with Gasteiger partial charge in [0.2, 0.25) is 0 Å². The highest BCUT2D eigenvalue weighted by Gasteiger charge is 2.36. The van der Waals surface area contributed by atoms with Crippen LogP contribution in [0.3, 0.4) is 0 Å². The van der Waals surface area contributed by atoms with Crippen molar-refractivity contribution in [2.45, 2.75) is 84.4 Å². The van der Waals surface area contributed by atoms with Crippen LogP contribution in [0.5, 0.6) is 0 Å². The van der Waals surface area contributed by atoms with Crippen LogP contribution in [-0.4, -0.2) is 34.2 Å². The zero-order chi connectivity index (χ0) is 13.1. The molecule has 2 heteroatoms. The lowest BCUT2D eigenvalue weighted by Crippen LogP contribution is -2.54. The number of hydrogen-bond acceptors (Lipinski definition) is 2. The van der Waals surface area contributed by atoms with Gasteiger partial charge in [-0.2, -0.15) is 0 Å². The summed E-state index contributed by atoms with van der Waals surface area (Å²) >= 11 is 0. The molecule has 2 nitrogen and oxygen atoms in total. The lowest BCUT2D eigenvalue weighted by atomic mass is 9.79. The zero-order valence-corrected chi connectivity index (χ0v) is 12.4. The first kappa shape index (κ1) is 15.0. The van der Waals surface area contributed by atoms with Gasteiger partial charge >= 0.3 is 0 Å². The van der Waals surface area contributed by atoms with E-state index in [0.717, 1.165) is 25.3 Å². The van der Waals surface area contributed by atoms with Gasteiger partial charge in [0.15, 0.2) is 0 Å². The Morgan fingerprint density at radius 1 is 1.18 bits per heavy atom. The van der Waals surface area contributed by atoms with Crippen LogP contribution in [0.1, 0.15) is 66.7 Å². The van der Waals surface area contributed by atoms with Crippen molar-refractivity contribution in [1.82, 2.24) is 4.90 Å². The maximum absolute atomic E-state index is 9.95. The first-order chi connectivity index (χ1) is 7.90. The Kier molecular flexibility index (Phi) is 5.46. The number of aliphatic hydroxyl groups is 1. The van der Waals surface area contributed by atoms with Gasteiger partial charge in [-0.1, -0.05) is 20.3 Å². The molecule has 3 unspecified atom stereocenters. The molecule has 1 aliphatic carbocycles. The average molecular weight is 241 g/mol. The van der Waals surface area contributed by atoms with Crippen LogP contribution in [0.2, 0.25) is 0 Å². The van der Waals surface area contributed by atoms with Gasteiger partial charge in [-0.15, -0.1) is 0 Å². The number of rotatable bonds is 4. The largest absolute Gasteiger partial charge is 0.393 e. The molecule has 0 aliphatic heterocycles. The minimum absolute atomic E-state index is 0.0792. The number of hydrogen-bond donors (Lipinski definition) is 1. The molecule has 102 valence electrons. The molecule has 0 heterocycles. The summed E-state index contributed by atoms with van der Waals surface area (Å²) in [5.74, 6) is 0.768.